The molecule has 0 bridgehead atoms. The van der Waals surface area contributed by atoms with Gasteiger partial charge in [0.25, 0.3) is 0 Å². The van der Waals surface area contributed by atoms with Crippen LogP contribution in [-0.2, 0) is 0 Å². The zero-order valence-electron chi connectivity index (χ0n) is 11.6. The molecule has 0 radical (unpaired) electrons. The van der Waals surface area contributed by atoms with E-state index in [0.29, 0.717) is 0 Å². The van der Waals surface area contributed by atoms with Crippen molar-refractivity contribution in [1.29, 1.82) is 5.41 Å². The lowest BCUT2D eigenvalue weighted by molar-refractivity contribution is 0.0677. The van der Waals surface area contributed by atoms with Gasteiger partial charge in [-0.15, -0.1) is 0 Å². The van der Waals surface area contributed by atoms with Gasteiger partial charge in [0.1, 0.15) is 22.8 Å². The lowest BCUT2D eigenvalue weighted by atomic mass is 9.88. The fourth-order valence-electron chi connectivity index (χ4n) is 2.45. The smallest absolute Gasteiger partial charge is 0.354 e. The summed E-state index contributed by atoms with van der Waals surface area (Å²) in [4.78, 5) is 51.9. The molecule has 2 heterocycles. The van der Waals surface area contributed by atoms with E-state index in [9.17, 15) is 24.3 Å². The average Bonchev–Trinajstić information content (AvgIpc) is 2.96. The number of aromatic carboxylic acids is 3. The molecule has 0 aliphatic heterocycles. The van der Waals surface area contributed by atoms with Crippen LogP contribution < -0.4 is 0 Å². The summed E-state index contributed by atoms with van der Waals surface area (Å²) in [6, 6.07) is 1.78. The minimum Gasteiger partial charge on any atom is -0.478 e. The summed E-state index contributed by atoms with van der Waals surface area (Å²) in [5.41, 5.74) is -3.15. The van der Waals surface area contributed by atoms with Crippen molar-refractivity contribution < 1.29 is 34.5 Å². The number of carboxylic acids is 3. The summed E-state index contributed by atoms with van der Waals surface area (Å²) in [5, 5.41) is 35.2. The van der Waals surface area contributed by atoms with Crippen LogP contribution in [0.25, 0.3) is 11.3 Å². The third-order valence-electron chi connectivity index (χ3n) is 3.48. The Morgan fingerprint density at radius 3 is 2.25 bits per heavy atom. The molecule has 0 fully saturated rings. The van der Waals surface area contributed by atoms with Gasteiger partial charge in [0.15, 0.2) is 0 Å². The lowest BCUT2D eigenvalue weighted by Gasteiger charge is -2.18. The zero-order valence-corrected chi connectivity index (χ0v) is 11.6. The predicted molar refractivity (Wildman–Crippen MR) is 76.1 cm³/mol. The van der Waals surface area contributed by atoms with Crippen LogP contribution >= 0.6 is 0 Å². The maximum atomic E-state index is 12.2. The first kappa shape index (κ1) is 15.1. The number of carbonyl (C=O) groups excluding carboxylic acids is 1. The first-order chi connectivity index (χ1) is 11.2. The van der Waals surface area contributed by atoms with Crippen LogP contribution in [0.4, 0.5) is 0 Å². The molecule has 5 N–H and O–H groups in total. The number of hydrogen-bond acceptors (Lipinski definition) is 6. The van der Waals surface area contributed by atoms with Gasteiger partial charge in [0, 0.05) is 5.56 Å². The number of ketones is 1. The molecule has 3 rings (SSSR count). The molecule has 0 unspecified atom stereocenters. The topological polar surface area (TPSA) is 181 Å². The van der Waals surface area contributed by atoms with E-state index in [4.69, 9.17) is 15.6 Å². The van der Waals surface area contributed by atoms with Crippen molar-refractivity contribution in [2.24, 2.45) is 0 Å². The van der Waals surface area contributed by atoms with Gasteiger partial charge in [-0.2, -0.15) is 0 Å². The molecule has 120 valence electrons. The van der Waals surface area contributed by atoms with Crippen LogP contribution in [0.5, 0.6) is 0 Å². The van der Waals surface area contributed by atoms with Gasteiger partial charge in [-0.3, -0.25) is 10.2 Å². The first-order valence-electron chi connectivity index (χ1n) is 6.34. The third kappa shape index (κ3) is 1.97. The molecule has 0 saturated heterocycles. The number of aromatic nitrogens is 2. The highest BCUT2D eigenvalue weighted by atomic mass is 16.4. The predicted octanol–water partition coefficient (Wildman–Crippen LogP) is 0.735. The van der Waals surface area contributed by atoms with Crippen molar-refractivity contribution in [3.63, 3.8) is 0 Å². The molecule has 0 amide bonds. The number of Topliss-reactive ketones (excluding diaryl/α,β-unsaturated/α-hetero) is 1. The minimum atomic E-state index is -1.52. The van der Waals surface area contributed by atoms with Crippen molar-refractivity contribution in [3.8, 4) is 11.3 Å². The highest BCUT2D eigenvalue weighted by molar-refractivity contribution is 6.53. The number of nitrogens with zero attached hydrogens (tertiary/aromatic N) is 1. The molecule has 0 spiro atoms. The summed E-state index contributed by atoms with van der Waals surface area (Å²) < 4.78 is 0. The number of nitrogens with one attached hydrogen (secondary N) is 2. The van der Waals surface area contributed by atoms with Gasteiger partial charge in [-0.1, -0.05) is 0 Å². The van der Waals surface area contributed by atoms with Crippen LogP contribution in [0.2, 0.25) is 0 Å². The maximum absolute atomic E-state index is 12.2. The second kappa shape index (κ2) is 4.84. The van der Waals surface area contributed by atoms with Crippen molar-refractivity contribution in [1.82, 2.24) is 9.97 Å². The number of rotatable bonds is 3. The highest BCUT2D eigenvalue weighted by Crippen LogP contribution is 2.35. The molecule has 10 heteroatoms. The summed E-state index contributed by atoms with van der Waals surface area (Å²) in [6.45, 7) is 0. The van der Waals surface area contributed by atoms with E-state index in [0.717, 1.165) is 12.1 Å². The summed E-state index contributed by atoms with van der Waals surface area (Å²) in [7, 11) is 0. The quantitative estimate of drug-likeness (QED) is 0.546. The van der Waals surface area contributed by atoms with Gasteiger partial charge in [-0.25, -0.2) is 19.4 Å². The van der Waals surface area contributed by atoms with E-state index in [1.54, 1.807) is 0 Å². The molecular weight excluding hydrogens is 322 g/mol. The standard InChI is InChI=1S/C14H7N3O7/c15-8-10-7(3(12(19)20)1-5(17-10)13(21)22)9-4(11(8)18)2-6(16-9)14(23)24/h1-2,15-16H,(H,19,20)(H,21,22)(H,23,24). The second-order valence-corrected chi connectivity index (χ2v) is 4.87. The maximum Gasteiger partial charge on any atom is 0.354 e. The van der Waals surface area contributed by atoms with E-state index >= 15 is 0 Å². The van der Waals surface area contributed by atoms with Crippen LogP contribution in [-0.4, -0.2) is 54.7 Å². The average molecular weight is 329 g/mol. The van der Waals surface area contributed by atoms with Gasteiger partial charge >= 0.3 is 17.9 Å². The second-order valence-electron chi connectivity index (χ2n) is 4.87. The summed E-state index contributed by atoms with van der Waals surface area (Å²) in [6.07, 6.45) is 0. The summed E-state index contributed by atoms with van der Waals surface area (Å²) in [5.74, 6) is -5.29. The van der Waals surface area contributed by atoms with Crippen molar-refractivity contribution in [2.75, 3.05) is 0 Å². The molecule has 24 heavy (non-hydrogen) atoms. The molecular formula is C14H7N3O7. The van der Waals surface area contributed by atoms with Crippen molar-refractivity contribution in [3.05, 3.63) is 40.3 Å². The Morgan fingerprint density at radius 2 is 1.71 bits per heavy atom. The molecule has 0 atom stereocenters. The van der Waals surface area contributed by atoms with Gasteiger partial charge in [0.2, 0.25) is 5.78 Å². The van der Waals surface area contributed by atoms with E-state index in [-0.39, 0.29) is 22.5 Å². The lowest BCUT2D eigenvalue weighted by Crippen LogP contribution is -2.25. The molecule has 0 aromatic carbocycles. The monoisotopic (exact) mass is 329 g/mol. The molecule has 2 aromatic heterocycles. The Bertz CT molecular complexity index is 986. The van der Waals surface area contributed by atoms with E-state index in [1.165, 1.54) is 0 Å². The molecule has 1 aliphatic rings. The van der Waals surface area contributed by atoms with Crippen LogP contribution in [0.15, 0.2) is 12.1 Å². The number of carboxylic acid groups (broad SMARTS) is 3. The molecule has 10 nitrogen and oxygen atoms in total. The van der Waals surface area contributed by atoms with Crippen molar-refractivity contribution in [2.45, 2.75) is 0 Å². The SMILES string of the molecule is N=C1C(=O)c2cc(C(=O)O)[nH]c2-c2c(C(=O)O)cc(C(=O)O)nc21. The van der Waals surface area contributed by atoms with Crippen LogP contribution in [0.3, 0.4) is 0 Å². The normalized spacial score (nSPS) is 12.5. The Kier molecular flexibility index (Phi) is 3.04. The Hall–Kier alpha value is -3.82. The Labute approximate surface area is 131 Å². The molecule has 0 saturated carbocycles. The Balaban J connectivity index is 2.43. The van der Waals surface area contributed by atoms with Gasteiger partial charge in [0.05, 0.1) is 16.8 Å². The van der Waals surface area contributed by atoms with E-state index in [1.807, 2.05) is 0 Å². The van der Waals surface area contributed by atoms with Gasteiger partial charge in [-0.05, 0) is 12.1 Å². The van der Waals surface area contributed by atoms with E-state index < -0.39 is 46.4 Å². The largest absolute Gasteiger partial charge is 0.478 e. The fraction of sp³-hybridized carbons (Fsp3) is 0. The molecule has 1 aliphatic carbocycles. The van der Waals surface area contributed by atoms with E-state index in [2.05, 4.69) is 9.97 Å². The number of pyridine rings is 1. The van der Waals surface area contributed by atoms with Gasteiger partial charge < -0.3 is 20.3 Å². The van der Waals surface area contributed by atoms with Crippen LogP contribution in [0, 0.1) is 5.41 Å². The fourth-order valence-corrected chi connectivity index (χ4v) is 2.45. The zero-order chi connectivity index (χ0) is 17.8. The van der Waals surface area contributed by atoms with Crippen molar-refractivity contribution >= 4 is 29.4 Å². The minimum absolute atomic E-state index is 0.120. The molecule has 2 aromatic rings. The number of carbonyl (C=O) groups is 4. The van der Waals surface area contributed by atoms with Crippen LogP contribution in [0.1, 0.15) is 47.4 Å². The number of H-pyrrole nitrogens is 1. The number of fused-ring (bicyclic) bond motifs is 3. The summed E-state index contributed by atoms with van der Waals surface area (Å²) >= 11 is 0. The highest BCUT2D eigenvalue weighted by Gasteiger charge is 2.36. The number of hydrogen-bond donors (Lipinski definition) is 5. The number of aromatic amines is 1. The first-order valence-corrected chi connectivity index (χ1v) is 6.34. The Morgan fingerprint density at radius 1 is 1.04 bits per heavy atom. The third-order valence-corrected chi connectivity index (χ3v) is 3.48.